The molecule has 154 valence electrons. The standard InChI is InChI=1S/C20H16F3N5O2/c21-15(22)9-28-13(5-7-26-28)20(29)27-8-6-12-17(25-10-24-12)18(27)19-16(23)11-3-1-2-4-14(11)30-19/h1-5,7,10,15,18H,6,8-9H2,(H,24,25)/t18-/m1/s1. The SMILES string of the molecule is O=C(c1ccnn1CC(F)F)N1CCc2[nH]cnc2[C@@H]1c1oc2ccccc2c1F. The second kappa shape index (κ2) is 7.05. The van der Waals surface area contributed by atoms with Gasteiger partial charge in [0.05, 0.1) is 17.4 Å². The molecule has 1 atom stereocenters. The first kappa shape index (κ1) is 18.5. The summed E-state index contributed by atoms with van der Waals surface area (Å²) in [5.74, 6) is -1.17. The van der Waals surface area contributed by atoms with Crippen LogP contribution in [0.3, 0.4) is 0 Å². The van der Waals surface area contributed by atoms with Crippen LogP contribution in [0.2, 0.25) is 0 Å². The molecule has 0 saturated heterocycles. The number of benzene rings is 1. The van der Waals surface area contributed by atoms with Crippen molar-refractivity contribution in [3.05, 3.63) is 71.5 Å². The molecule has 0 fully saturated rings. The van der Waals surface area contributed by atoms with Gasteiger partial charge in [0.2, 0.25) is 0 Å². The van der Waals surface area contributed by atoms with Gasteiger partial charge in [0.25, 0.3) is 12.3 Å². The van der Waals surface area contributed by atoms with E-state index < -0.39 is 30.7 Å². The second-order valence-corrected chi connectivity index (χ2v) is 6.98. The molecule has 0 bridgehead atoms. The van der Waals surface area contributed by atoms with Crippen molar-refractivity contribution in [3.8, 4) is 0 Å². The Morgan fingerprint density at radius 1 is 1.30 bits per heavy atom. The van der Waals surface area contributed by atoms with E-state index in [9.17, 15) is 13.6 Å². The average Bonchev–Trinajstić information content (AvgIpc) is 3.45. The number of aromatic amines is 1. The summed E-state index contributed by atoms with van der Waals surface area (Å²) in [4.78, 5) is 22.0. The zero-order valence-corrected chi connectivity index (χ0v) is 15.6. The monoisotopic (exact) mass is 415 g/mol. The summed E-state index contributed by atoms with van der Waals surface area (Å²) in [5, 5.41) is 4.12. The van der Waals surface area contributed by atoms with Gasteiger partial charge < -0.3 is 14.3 Å². The van der Waals surface area contributed by atoms with Gasteiger partial charge in [-0.25, -0.2) is 18.2 Å². The molecule has 0 radical (unpaired) electrons. The van der Waals surface area contributed by atoms with Crippen molar-refractivity contribution in [1.82, 2.24) is 24.6 Å². The highest BCUT2D eigenvalue weighted by Gasteiger charge is 2.39. The topological polar surface area (TPSA) is 80.0 Å². The van der Waals surface area contributed by atoms with Crippen molar-refractivity contribution in [2.24, 2.45) is 0 Å². The number of furan rings is 1. The molecule has 30 heavy (non-hydrogen) atoms. The van der Waals surface area contributed by atoms with E-state index in [0.717, 1.165) is 10.4 Å². The molecule has 0 unspecified atom stereocenters. The predicted molar refractivity (Wildman–Crippen MR) is 99.6 cm³/mol. The van der Waals surface area contributed by atoms with Crippen molar-refractivity contribution in [3.63, 3.8) is 0 Å². The van der Waals surface area contributed by atoms with Gasteiger partial charge in [0.15, 0.2) is 11.6 Å². The van der Waals surface area contributed by atoms with Crippen LogP contribution < -0.4 is 0 Å². The predicted octanol–water partition coefficient (Wildman–Crippen LogP) is 3.54. The number of carbonyl (C=O) groups is 1. The highest BCUT2D eigenvalue weighted by Crippen LogP contribution is 2.39. The molecular formula is C20H16F3N5O2. The van der Waals surface area contributed by atoms with E-state index in [1.807, 2.05) is 0 Å². The van der Waals surface area contributed by atoms with Gasteiger partial charge in [-0.3, -0.25) is 9.48 Å². The number of nitrogens with one attached hydrogen (secondary N) is 1. The molecule has 0 spiro atoms. The van der Waals surface area contributed by atoms with Crippen LogP contribution in [0, 0.1) is 5.82 Å². The molecule has 1 aromatic carbocycles. The van der Waals surface area contributed by atoms with E-state index in [-0.39, 0.29) is 18.0 Å². The lowest BCUT2D eigenvalue weighted by molar-refractivity contribution is 0.0644. The zero-order chi connectivity index (χ0) is 20.8. The summed E-state index contributed by atoms with van der Waals surface area (Å²) in [7, 11) is 0. The summed E-state index contributed by atoms with van der Waals surface area (Å²) in [6.45, 7) is -0.478. The van der Waals surface area contributed by atoms with Gasteiger partial charge in [0.1, 0.15) is 23.9 Å². The van der Waals surface area contributed by atoms with E-state index >= 15 is 4.39 Å². The van der Waals surface area contributed by atoms with E-state index in [1.165, 1.54) is 23.5 Å². The molecule has 4 aromatic rings. The molecule has 3 aromatic heterocycles. The molecule has 0 aliphatic carbocycles. The number of fused-ring (bicyclic) bond motifs is 2. The smallest absolute Gasteiger partial charge is 0.273 e. The van der Waals surface area contributed by atoms with Crippen molar-refractivity contribution in [1.29, 1.82) is 0 Å². The lowest BCUT2D eigenvalue weighted by Crippen LogP contribution is -2.42. The summed E-state index contributed by atoms with van der Waals surface area (Å²) < 4.78 is 47.8. The lowest BCUT2D eigenvalue weighted by atomic mass is 9.99. The molecule has 4 heterocycles. The number of hydrogen-bond acceptors (Lipinski definition) is 4. The molecule has 1 aliphatic rings. The number of imidazole rings is 1. The van der Waals surface area contributed by atoms with Crippen LogP contribution in [0.15, 0.2) is 47.3 Å². The van der Waals surface area contributed by atoms with Gasteiger partial charge in [-0.2, -0.15) is 5.10 Å². The molecular weight excluding hydrogens is 399 g/mol. The van der Waals surface area contributed by atoms with Crippen LogP contribution in [-0.2, 0) is 13.0 Å². The Labute approximate surface area is 168 Å². The van der Waals surface area contributed by atoms with Gasteiger partial charge >= 0.3 is 0 Å². The van der Waals surface area contributed by atoms with E-state index in [0.29, 0.717) is 23.1 Å². The number of para-hydroxylation sites is 1. The van der Waals surface area contributed by atoms with Crippen LogP contribution in [-0.4, -0.2) is 43.5 Å². The fraction of sp³-hybridized carbons (Fsp3) is 0.250. The van der Waals surface area contributed by atoms with Gasteiger partial charge in [-0.05, 0) is 18.2 Å². The fourth-order valence-corrected chi connectivity index (χ4v) is 3.91. The first-order valence-corrected chi connectivity index (χ1v) is 9.34. The number of aromatic nitrogens is 4. The van der Waals surface area contributed by atoms with Crippen LogP contribution in [0.1, 0.15) is 33.7 Å². The third-order valence-electron chi connectivity index (χ3n) is 5.24. The first-order valence-electron chi connectivity index (χ1n) is 9.34. The molecule has 0 saturated carbocycles. The van der Waals surface area contributed by atoms with E-state index in [1.54, 1.807) is 24.3 Å². The highest BCUT2D eigenvalue weighted by atomic mass is 19.3. The Morgan fingerprint density at radius 3 is 2.93 bits per heavy atom. The summed E-state index contributed by atoms with van der Waals surface area (Å²) in [6.07, 6.45) is 0.561. The third kappa shape index (κ3) is 2.87. The number of carbonyl (C=O) groups excluding carboxylic acids is 1. The minimum absolute atomic E-state index is 0.00388. The number of nitrogens with zero attached hydrogens (tertiary/aromatic N) is 4. The van der Waals surface area contributed by atoms with Crippen LogP contribution >= 0.6 is 0 Å². The normalized spacial score (nSPS) is 16.4. The maximum atomic E-state index is 15.3. The minimum Gasteiger partial charge on any atom is -0.455 e. The zero-order valence-electron chi connectivity index (χ0n) is 15.6. The van der Waals surface area contributed by atoms with Crippen LogP contribution in [0.5, 0.6) is 0 Å². The number of alkyl halides is 2. The molecule has 1 N–H and O–H groups in total. The number of amides is 1. The van der Waals surface area contributed by atoms with Crippen LogP contribution in [0.25, 0.3) is 11.0 Å². The summed E-state index contributed by atoms with van der Waals surface area (Å²) in [5.41, 5.74) is 1.58. The Morgan fingerprint density at radius 2 is 2.13 bits per heavy atom. The van der Waals surface area contributed by atoms with E-state index in [2.05, 4.69) is 15.1 Å². The molecule has 1 aliphatic heterocycles. The molecule has 1 amide bonds. The fourth-order valence-electron chi connectivity index (χ4n) is 3.91. The lowest BCUT2D eigenvalue weighted by Gasteiger charge is -2.33. The molecule has 10 heteroatoms. The van der Waals surface area contributed by atoms with Gasteiger partial charge in [0, 0.05) is 24.9 Å². The summed E-state index contributed by atoms with van der Waals surface area (Å²) >= 11 is 0. The quantitative estimate of drug-likeness (QED) is 0.553. The van der Waals surface area contributed by atoms with Crippen molar-refractivity contribution < 1.29 is 22.4 Å². The Bertz CT molecular complexity index is 1230. The first-order chi connectivity index (χ1) is 14.5. The molecule has 5 rings (SSSR count). The Hall–Kier alpha value is -3.56. The van der Waals surface area contributed by atoms with E-state index in [4.69, 9.17) is 4.42 Å². The highest BCUT2D eigenvalue weighted by molar-refractivity contribution is 5.93. The van der Waals surface area contributed by atoms with Crippen molar-refractivity contribution in [2.75, 3.05) is 6.54 Å². The molecule has 7 nitrogen and oxygen atoms in total. The van der Waals surface area contributed by atoms with Gasteiger partial charge in [-0.1, -0.05) is 12.1 Å². The average molecular weight is 415 g/mol. The minimum atomic E-state index is -2.67. The number of hydrogen-bond donors (Lipinski definition) is 1. The maximum absolute atomic E-state index is 15.3. The Kier molecular flexibility index (Phi) is 4.34. The maximum Gasteiger partial charge on any atom is 0.273 e. The second-order valence-electron chi connectivity index (χ2n) is 6.98. The van der Waals surface area contributed by atoms with Crippen molar-refractivity contribution >= 4 is 16.9 Å². The summed E-state index contributed by atoms with van der Waals surface area (Å²) in [6, 6.07) is 7.08. The number of rotatable bonds is 4. The van der Waals surface area contributed by atoms with Crippen molar-refractivity contribution in [2.45, 2.75) is 25.4 Å². The number of H-pyrrole nitrogens is 1. The third-order valence-corrected chi connectivity index (χ3v) is 5.24. The van der Waals surface area contributed by atoms with Crippen LogP contribution in [0.4, 0.5) is 13.2 Å². The van der Waals surface area contributed by atoms with Gasteiger partial charge in [-0.15, -0.1) is 0 Å². The number of halogens is 3. The Balaban J connectivity index is 1.62. The largest absolute Gasteiger partial charge is 0.455 e.